The molecule has 0 aliphatic carbocycles. The number of halogens is 4. The van der Waals surface area contributed by atoms with E-state index in [2.05, 4.69) is 15.3 Å². The maximum atomic E-state index is 14.2. The number of pyridine rings is 1. The zero-order chi connectivity index (χ0) is 18.9. The molecule has 1 aliphatic rings. The van der Waals surface area contributed by atoms with Gasteiger partial charge in [-0.1, -0.05) is 31.6 Å². The summed E-state index contributed by atoms with van der Waals surface area (Å²) >= 11 is 5.31. The molecule has 3 nitrogen and oxygen atoms in total. The van der Waals surface area contributed by atoms with Crippen molar-refractivity contribution in [1.29, 1.82) is 0 Å². The zero-order valence-electron chi connectivity index (χ0n) is 13.8. The third kappa shape index (κ3) is 3.60. The normalized spacial score (nSPS) is 17.2. The summed E-state index contributed by atoms with van der Waals surface area (Å²) in [5.41, 5.74) is -0.303. The Morgan fingerprint density at radius 1 is 1.23 bits per heavy atom. The summed E-state index contributed by atoms with van der Waals surface area (Å²) in [4.78, 5) is 9.11. The van der Waals surface area contributed by atoms with Crippen LogP contribution in [0.5, 0.6) is 0 Å². The molecule has 1 aliphatic heterocycles. The van der Waals surface area contributed by atoms with Gasteiger partial charge in [0.1, 0.15) is 16.8 Å². The minimum Gasteiger partial charge on any atom is -0.348 e. The molecule has 0 bridgehead atoms. The van der Waals surface area contributed by atoms with E-state index in [4.69, 9.17) is 12.2 Å². The lowest BCUT2D eigenvalue weighted by Crippen LogP contribution is -2.23. The van der Waals surface area contributed by atoms with Crippen molar-refractivity contribution in [2.75, 3.05) is 5.32 Å². The van der Waals surface area contributed by atoms with E-state index in [-0.39, 0.29) is 11.3 Å². The molecule has 0 saturated carbocycles. The van der Waals surface area contributed by atoms with Crippen molar-refractivity contribution in [1.82, 2.24) is 4.98 Å². The third-order valence-corrected chi connectivity index (χ3v) is 4.36. The van der Waals surface area contributed by atoms with Crippen LogP contribution in [0.2, 0.25) is 0 Å². The molecule has 0 radical (unpaired) electrons. The van der Waals surface area contributed by atoms with Crippen molar-refractivity contribution < 1.29 is 17.6 Å². The van der Waals surface area contributed by atoms with Crippen LogP contribution < -0.4 is 5.32 Å². The molecule has 1 atom stereocenters. The molecule has 1 aromatic carbocycles. The van der Waals surface area contributed by atoms with E-state index in [1.54, 1.807) is 24.4 Å². The molecular weight excluding hydrogens is 366 g/mol. The van der Waals surface area contributed by atoms with Crippen LogP contribution in [0.4, 0.5) is 23.2 Å². The van der Waals surface area contributed by atoms with Crippen molar-refractivity contribution in [2.24, 2.45) is 4.99 Å². The Balaban J connectivity index is 2.23. The van der Waals surface area contributed by atoms with Gasteiger partial charge in [-0.2, -0.15) is 13.2 Å². The van der Waals surface area contributed by atoms with Gasteiger partial charge in [-0.15, -0.1) is 0 Å². The number of anilines is 1. The summed E-state index contributed by atoms with van der Waals surface area (Å²) in [6.07, 6.45) is -1.86. The summed E-state index contributed by atoms with van der Waals surface area (Å²) in [7, 11) is 0. The standard InChI is InChI=1S/C18H15F4N3S/c1-2-5-14-17(26)25-15-9-11(18(20,21)22)12(19)8-10(15)16(24-14)13-6-3-4-7-23-13/h3-4,6-9,14H,2,5H2,1H3,(H,25,26). The lowest BCUT2D eigenvalue weighted by molar-refractivity contribution is -0.139. The number of hydrogen-bond acceptors (Lipinski definition) is 3. The molecule has 2 aromatic rings. The molecule has 0 saturated heterocycles. The average molecular weight is 381 g/mol. The second kappa shape index (κ2) is 7.11. The van der Waals surface area contributed by atoms with Crippen LogP contribution in [0.1, 0.15) is 36.6 Å². The maximum Gasteiger partial charge on any atom is 0.419 e. The van der Waals surface area contributed by atoms with Gasteiger partial charge < -0.3 is 5.32 Å². The van der Waals surface area contributed by atoms with Gasteiger partial charge in [-0.25, -0.2) is 4.39 Å². The SMILES string of the molecule is CCCC1N=C(c2ccccn2)c2cc(F)c(C(F)(F)F)cc2NC1=S. The predicted octanol–water partition coefficient (Wildman–Crippen LogP) is 5.00. The van der Waals surface area contributed by atoms with Gasteiger partial charge in [0.05, 0.1) is 17.0 Å². The van der Waals surface area contributed by atoms with Gasteiger partial charge >= 0.3 is 6.18 Å². The monoisotopic (exact) mass is 381 g/mol. The smallest absolute Gasteiger partial charge is 0.348 e. The van der Waals surface area contributed by atoms with Gasteiger partial charge in [0.25, 0.3) is 0 Å². The highest BCUT2D eigenvalue weighted by molar-refractivity contribution is 7.80. The lowest BCUT2D eigenvalue weighted by Gasteiger charge is -2.15. The average Bonchev–Trinajstić information content (AvgIpc) is 2.72. The van der Waals surface area contributed by atoms with Crippen molar-refractivity contribution in [2.45, 2.75) is 32.0 Å². The number of benzene rings is 1. The highest BCUT2D eigenvalue weighted by Gasteiger charge is 2.36. The number of nitrogens with one attached hydrogen (secondary N) is 1. The molecule has 136 valence electrons. The first-order valence-electron chi connectivity index (χ1n) is 8.02. The first kappa shape index (κ1) is 18.4. The predicted molar refractivity (Wildman–Crippen MR) is 96.2 cm³/mol. The van der Waals surface area contributed by atoms with Crippen LogP contribution in [0.25, 0.3) is 0 Å². The number of nitrogens with zero attached hydrogens (tertiary/aromatic N) is 2. The van der Waals surface area contributed by atoms with Crippen LogP contribution in [-0.4, -0.2) is 21.7 Å². The fourth-order valence-corrected chi connectivity index (χ4v) is 3.05. The summed E-state index contributed by atoms with van der Waals surface area (Å²) in [6, 6.07) is 6.28. The molecule has 8 heteroatoms. The Hall–Kier alpha value is -2.35. The molecular formula is C18H15F4N3S. The van der Waals surface area contributed by atoms with Gasteiger partial charge in [-0.05, 0) is 30.7 Å². The molecule has 1 unspecified atom stereocenters. The Morgan fingerprint density at radius 3 is 2.62 bits per heavy atom. The topological polar surface area (TPSA) is 37.3 Å². The molecule has 1 aromatic heterocycles. The van der Waals surface area contributed by atoms with Gasteiger partial charge in [0.15, 0.2) is 0 Å². The van der Waals surface area contributed by atoms with Crippen LogP contribution in [0.3, 0.4) is 0 Å². The molecule has 3 rings (SSSR count). The van der Waals surface area contributed by atoms with E-state index >= 15 is 0 Å². The summed E-state index contributed by atoms with van der Waals surface area (Å²) in [5, 5.41) is 2.82. The van der Waals surface area contributed by atoms with Crippen LogP contribution >= 0.6 is 12.2 Å². The third-order valence-electron chi connectivity index (χ3n) is 3.98. The van der Waals surface area contributed by atoms with Gasteiger partial charge in [0, 0.05) is 17.4 Å². The number of fused-ring (bicyclic) bond motifs is 1. The fraction of sp³-hybridized carbons (Fsp3) is 0.278. The number of rotatable bonds is 3. The molecule has 2 heterocycles. The van der Waals surface area contributed by atoms with E-state index < -0.39 is 23.6 Å². The number of benzodiazepines with no additional fused rings is 1. The Bertz CT molecular complexity index is 863. The zero-order valence-corrected chi connectivity index (χ0v) is 14.6. The molecule has 26 heavy (non-hydrogen) atoms. The van der Waals surface area contributed by atoms with Crippen LogP contribution in [0.15, 0.2) is 41.5 Å². The van der Waals surface area contributed by atoms with Crippen LogP contribution in [-0.2, 0) is 6.18 Å². The van der Waals surface area contributed by atoms with Crippen molar-refractivity contribution in [3.63, 3.8) is 0 Å². The van der Waals surface area contributed by atoms with E-state index in [1.807, 2.05) is 6.92 Å². The maximum absolute atomic E-state index is 14.2. The summed E-state index contributed by atoms with van der Waals surface area (Å²) < 4.78 is 53.5. The Labute approximate surface area is 153 Å². The second-order valence-corrected chi connectivity index (χ2v) is 6.30. The summed E-state index contributed by atoms with van der Waals surface area (Å²) in [6.45, 7) is 1.96. The minimum absolute atomic E-state index is 0.0757. The lowest BCUT2D eigenvalue weighted by atomic mass is 10.0. The highest BCUT2D eigenvalue weighted by Crippen LogP contribution is 2.36. The molecule has 0 fully saturated rings. The largest absolute Gasteiger partial charge is 0.419 e. The number of aromatic nitrogens is 1. The first-order valence-corrected chi connectivity index (χ1v) is 8.43. The molecule has 1 N–H and O–H groups in total. The van der Waals surface area contributed by atoms with Gasteiger partial charge in [-0.3, -0.25) is 9.98 Å². The summed E-state index contributed by atoms with van der Waals surface area (Å²) in [5.74, 6) is -1.36. The van der Waals surface area contributed by atoms with E-state index in [9.17, 15) is 17.6 Å². The Morgan fingerprint density at radius 2 is 2.00 bits per heavy atom. The number of hydrogen-bond donors (Lipinski definition) is 1. The van der Waals surface area contributed by atoms with E-state index in [1.165, 1.54) is 0 Å². The molecule has 0 spiro atoms. The fourth-order valence-electron chi connectivity index (χ4n) is 2.77. The minimum atomic E-state index is -4.81. The van der Waals surface area contributed by atoms with E-state index in [0.29, 0.717) is 22.8 Å². The van der Waals surface area contributed by atoms with Gasteiger partial charge in [0.2, 0.25) is 0 Å². The van der Waals surface area contributed by atoms with E-state index in [0.717, 1.165) is 18.6 Å². The molecule has 0 amide bonds. The van der Waals surface area contributed by atoms with Crippen molar-refractivity contribution in [3.8, 4) is 0 Å². The number of alkyl halides is 3. The second-order valence-electron chi connectivity index (χ2n) is 5.86. The number of aliphatic imine (C=N–C) groups is 1. The quantitative estimate of drug-likeness (QED) is 0.601. The van der Waals surface area contributed by atoms with Crippen molar-refractivity contribution >= 4 is 28.6 Å². The highest BCUT2D eigenvalue weighted by atomic mass is 32.1. The first-order chi connectivity index (χ1) is 12.3. The van der Waals surface area contributed by atoms with Crippen LogP contribution in [0, 0.1) is 5.82 Å². The Kier molecular flexibility index (Phi) is 5.04. The number of thiocarbonyl (C=S) groups is 1. The van der Waals surface area contributed by atoms with Crippen molar-refractivity contribution in [3.05, 3.63) is 59.2 Å².